The molecule has 0 amide bonds. The summed E-state index contributed by atoms with van der Waals surface area (Å²) in [5.74, 6) is 0.371. The Morgan fingerprint density at radius 3 is 2.57 bits per heavy atom. The summed E-state index contributed by atoms with van der Waals surface area (Å²) >= 11 is 5.94. The molecule has 1 unspecified atom stereocenters. The topological polar surface area (TPSA) is 51.5 Å². The van der Waals surface area contributed by atoms with Crippen LogP contribution in [0, 0.1) is 0 Å². The third-order valence-electron chi connectivity index (χ3n) is 2.89. The number of rotatable bonds is 5. The predicted octanol–water partition coefficient (Wildman–Crippen LogP) is 4.20. The minimum absolute atomic E-state index is 0.335. The molecule has 122 valence electrons. The minimum Gasteiger partial charge on any atom is -0.472 e. The molecule has 0 saturated carbocycles. The molecule has 1 heterocycles. The number of pyridine rings is 1. The average molecular weight is 351 g/mol. The fraction of sp³-hybridized carbons (Fsp3) is 0.294. The van der Waals surface area contributed by atoms with E-state index in [2.05, 4.69) is 9.38 Å². The van der Waals surface area contributed by atoms with Crippen LogP contribution in [0.25, 0.3) is 0 Å². The summed E-state index contributed by atoms with van der Waals surface area (Å²) < 4.78 is 21.4. The number of halogens is 1. The van der Waals surface area contributed by atoms with Crippen LogP contribution >= 0.6 is 11.6 Å². The zero-order valence-corrected chi connectivity index (χ0v) is 14.9. The van der Waals surface area contributed by atoms with Gasteiger partial charge in [0.2, 0.25) is 5.88 Å². The van der Waals surface area contributed by atoms with Crippen molar-refractivity contribution in [3.05, 3.63) is 58.7 Å². The third kappa shape index (κ3) is 5.44. The molecule has 2 rings (SSSR count). The normalized spacial score (nSPS) is 13.2. The second kappa shape index (κ2) is 7.70. The van der Waals surface area contributed by atoms with Gasteiger partial charge in [-0.15, -0.1) is 0 Å². The molecule has 2 aromatic rings. The maximum absolute atomic E-state index is 12.0. The van der Waals surface area contributed by atoms with Crippen molar-refractivity contribution in [3.63, 3.8) is 0 Å². The summed E-state index contributed by atoms with van der Waals surface area (Å²) in [5, 5.41) is 0.335. The lowest BCUT2D eigenvalue weighted by Crippen LogP contribution is -2.19. The van der Waals surface area contributed by atoms with E-state index >= 15 is 0 Å². The average Bonchev–Trinajstić information content (AvgIpc) is 2.51. The summed E-state index contributed by atoms with van der Waals surface area (Å²) in [7, 11) is -1.34. The van der Waals surface area contributed by atoms with Crippen LogP contribution in [0.4, 0.5) is 0 Å². The van der Waals surface area contributed by atoms with Crippen LogP contribution in [0.15, 0.2) is 46.9 Å². The monoisotopic (exact) mass is 350 g/mol. The molecule has 0 bridgehead atoms. The lowest BCUT2D eigenvalue weighted by atomic mass is 10.2. The molecule has 0 saturated heterocycles. The first kappa shape index (κ1) is 17.6. The van der Waals surface area contributed by atoms with E-state index in [0.717, 1.165) is 5.56 Å². The molecule has 6 heteroatoms. The Labute approximate surface area is 144 Å². The van der Waals surface area contributed by atoms with Crippen molar-refractivity contribution < 1.29 is 8.95 Å². The first-order valence-electron chi connectivity index (χ1n) is 7.15. The van der Waals surface area contributed by atoms with Crippen LogP contribution in [-0.4, -0.2) is 20.2 Å². The molecule has 0 aliphatic rings. The number of hydrogen-bond donors (Lipinski definition) is 0. The first-order valence-corrected chi connectivity index (χ1v) is 8.64. The van der Waals surface area contributed by atoms with Gasteiger partial charge in [-0.25, -0.2) is 9.19 Å². The second-order valence-electron chi connectivity index (χ2n) is 5.90. The van der Waals surface area contributed by atoms with Crippen molar-refractivity contribution in [2.24, 2.45) is 4.40 Å². The summed E-state index contributed by atoms with van der Waals surface area (Å²) in [6.45, 7) is 5.98. The highest BCUT2D eigenvalue weighted by Gasteiger charge is 2.18. The van der Waals surface area contributed by atoms with Gasteiger partial charge in [0, 0.05) is 0 Å². The molecule has 4 nitrogen and oxygen atoms in total. The Morgan fingerprint density at radius 2 is 1.91 bits per heavy atom. The van der Waals surface area contributed by atoms with Gasteiger partial charge in [-0.2, -0.15) is 4.40 Å². The number of aromatic nitrogens is 1. The van der Waals surface area contributed by atoms with Crippen LogP contribution in [0.3, 0.4) is 0 Å². The summed E-state index contributed by atoms with van der Waals surface area (Å²) in [6.07, 6.45) is 1.52. The third-order valence-corrected chi connectivity index (χ3v) is 4.44. The molecule has 1 aromatic carbocycles. The number of nitrogens with zero attached hydrogens (tertiary/aromatic N) is 2. The van der Waals surface area contributed by atoms with E-state index in [1.807, 2.05) is 51.1 Å². The fourth-order valence-electron chi connectivity index (χ4n) is 1.63. The van der Waals surface area contributed by atoms with E-state index in [9.17, 15) is 4.21 Å². The van der Waals surface area contributed by atoms with Gasteiger partial charge in [0.1, 0.15) is 22.7 Å². The molecular formula is C17H19ClN2O2S. The van der Waals surface area contributed by atoms with Gasteiger partial charge in [0.15, 0.2) is 0 Å². The largest absolute Gasteiger partial charge is 0.472 e. The van der Waals surface area contributed by atoms with Crippen molar-refractivity contribution in [2.45, 2.75) is 32.1 Å². The van der Waals surface area contributed by atoms with Gasteiger partial charge < -0.3 is 4.74 Å². The molecule has 23 heavy (non-hydrogen) atoms. The van der Waals surface area contributed by atoms with Gasteiger partial charge in [0.25, 0.3) is 0 Å². The SMILES string of the molecule is CC(C)(C)S(=O)N=Cc1ccc(Cl)nc1OCc1ccccc1. The van der Waals surface area contributed by atoms with Crippen molar-refractivity contribution in [1.82, 2.24) is 4.98 Å². The molecule has 1 atom stereocenters. The molecule has 0 N–H and O–H groups in total. The lowest BCUT2D eigenvalue weighted by Gasteiger charge is -2.13. The van der Waals surface area contributed by atoms with Crippen molar-refractivity contribution in [2.75, 3.05) is 0 Å². The molecule has 0 aliphatic heterocycles. The highest BCUT2D eigenvalue weighted by atomic mass is 35.5. The van der Waals surface area contributed by atoms with E-state index in [-0.39, 0.29) is 0 Å². The highest BCUT2D eigenvalue weighted by molar-refractivity contribution is 7.85. The van der Waals surface area contributed by atoms with Gasteiger partial charge in [-0.1, -0.05) is 41.9 Å². The Bertz CT molecular complexity index is 712. The summed E-state index contributed by atoms with van der Waals surface area (Å²) in [5.41, 5.74) is 1.67. The molecule has 0 radical (unpaired) electrons. The summed E-state index contributed by atoms with van der Waals surface area (Å²) in [4.78, 5) is 4.18. The Hall–Kier alpha value is -1.72. The highest BCUT2D eigenvalue weighted by Crippen LogP contribution is 2.20. The van der Waals surface area contributed by atoms with E-state index in [4.69, 9.17) is 16.3 Å². The van der Waals surface area contributed by atoms with Crippen LogP contribution < -0.4 is 4.74 Å². The standard InChI is InChI=1S/C17H19ClN2O2S/c1-17(2,3)23(21)19-11-14-9-10-15(18)20-16(14)22-12-13-7-5-4-6-8-13/h4-11H,12H2,1-3H3. The Balaban J connectivity index is 2.17. The molecule has 0 fully saturated rings. The lowest BCUT2D eigenvalue weighted by molar-refractivity contribution is 0.293. The van der Waals surface area contributed by atoms with E-state index in [0.29, 0.717) is 23.2 Å². The molecular weight excluding hydrogens is 332 g/mol. The number of ether oxygens (including phenoxy) is 1. The number of benzene rings is 1. The molecule has 0 spiro atoms. The molecule has 0 aliphatic carbocycles. The first-order chi connectivity index (χ1) is 10.9. The zero-order valence-electron chi connectivity index (χ0n) is 13.3. The predicted molar refractivity (Wildman–Crippen MR) is 95.5 cm³/mol. The van der Waals surface area contributed by atoms with E-state index in [1.165, 1.54) is 6.21 Å². The molecule has 1 aromatic heterocycles. The van der Waals surface area contributed by atoms with Crippen LogP contribution in [-0.2, 0) is 17.6 Å². The fourth-order valence-corrected chi connectivity index (χ4v) is 2.30. The van der Waals surface area contributed by atoms with Gasteiger partial charge in [-0.3, -0.25) is 0 Å². The van der Waals surface area contributed by atoms with Crippen LogP contribution in [0.5, 0.6) is 5.88 Å². The zero-order chi connectivity index (χ0) is 16.9. The van der Waals surface area contributed by atoms with Crippen molar-refractivity contribution in [3.8, 4) is 5.88 Å². The summed E-state index contributed by atoms with van der Waals surface area (Å²) in [6, 6.07) is 13.2. The Morgan fingerprint density at radius 1 is 1.22 bits per heavy atom. The quantitative estimate of drug-likeness (QED) is 0.600. The van der Waals surface area contributed by atoms with E-state index < -0.39 is 15.7 Å². The second-order valence-corrected chi connectivity index (χ2v) is 8.22. The van der Waals surface area contributed by atoms with Crippen molar-refractivity contribution in [1.29, 1.82) is 0 Å². The van der Waals surface area contributed by atoms with Crippen LogP contribution in [0.1, 0.15) is 31.9 Å². The van der Waals surface area contributed by atoms with Gasteiger partial charge >= 0.3 is 0 Å². The van der Waals surface area contributed by atoms with Gasteiger partial charge in [-0.05, 0) is 38.5 Å². The smallest absolute Gasteiger partial charge is 0.224 e. The Kier molecular flexibility index (Phi) is 5.91. The number of hydrogen-bond acceptors (Lipinski definition) is 3. The maximum atomic E-state index is 12.0. The van der Waals surface area contributed by atoms with Crippen LogP contribution in [0.2, 0.25) is 5.15 Å². The van der Waals surface area contributed by atoms with Gasteiger partial charge in [0.05, 0.1) is 16.5 Å². The van der Waals surface area contributed by atoms with E-state index in [1.54, 1.807) is 12.1 Å². The maximum Gasteiger partial charge on any atom is 0.224 e. The van der Waals surface area contributed by atoms with Crippen molar-refractivity contribution >= 4 is 28.8 Å². The minimum atomic E-state index is -1.34.